The molecular formula is C56H98O56S7. The van der Waals surface area contributed by atoms with E-state index in [0.717, 1.165) is 99.5 Å². The minimum atomic E-state index is -5.50. The summed E-state index contributed by atoms with van der Waals surface area (Å²) in [6.45, 7) is -9.08. The summed E-state index contributed by atoms with van der Waals surface area (Å²) in [4.78, 5) is 0. The van der Waals surface area contributed by atoms with Crippen molar-refractivity contribution in [2.24, 2.45) is 0 Å². The normalized spacial score (nSPS) is 41.0. The van der Waals surface area contributed by atoms with Gasteiger partial charge in [-0.1, -0.05) is 0 Å². The molecule has 63 heteroatoms. The van der Waals surface area contributed by atoms with Gasteiger partial charge < -0.3 is 133 Å². The van der Waals surface area contributed by atoms with Gasteiger partial charge in [-0.25, -0.2) is 29.3 Å². The molecule has 35 atom stereocenters. The maximum atomic E-state index is 12.5. The van der Waals surface area contributed by atoms with Gasteiger partial charge in [-0.2, -0.15) is 58.9 Å². The van der Waals surface area contributed by atoms with Crippen molar-refractivity contribution in [1.82, 2.24) is 0 Å². The van der Waals surface area contributed by atoms with Crippen LogP contribution in [0.2, 0.25) is 0 Å². The molecule has 0 saturated carbocycles. The zero-order valence-electron chi connectivity index (χ0n) is 65.1. The Hall–Kier alpha value is -2.03. The number of hydrogen-bond acceptors (Lipinski definition) is 49. The van der Waals surface area contributed by atoms with Gasteiger partial charge in [0.25, 0.3) is 0 Å². The molecule has 0 aliphatic carbocycles. The summed E-state index contributed by atoms with van der Waals surface area (Å²) in [7, 11) is -23.9. The first-order valence-corrected chi connectivity index (χ1v) is 44.2. The average molecular weight is 1890 g/mol. The van der Waals surface area contributed by atoms with Crippen LogP contribution in [-0.4, -0.2) is 452 Å². The number of hydrogen-bond donors (Lipinski definition) is 7. The molecule has 119 heavy (non-hydrogen) atoms. The lowest BCUT2D eigenvalue weighted by atomic mass is 9.94. The molecule has 21 fully saturated rings. The van der Waals surface area contributed by atoms with Crippen LogP contribution in [0.1, 0.15) is 0 Å². The topological polar surface area (TPSA) is 704 Å². The van der Waals surface area contributed by atoms with Crippen molar-refractivity contribution in [2.45, 2.75) is 215 Å². The summed E-state index contributed by atoms with van der Waals surface area (Å²) >= 11 is 0. The van der Waals surface area contributed by atoms with E-state index in [2.05, 4.69) is 0 Å². The van der Waals surface area contributed by atoms with E-state index < -0.39 is 334 Å². The van der Waals surface area contributed by atoms with E-state index in [1.165, 1.54) is 0 Å². The smallest absolute Gasteiger partial charge is 0.376 e. The van der Waals surface area contributed by atoms with E-state index in [0.29, 0.717) is 0 Å². The SMILES string of the molecule is COC1C2OC(COS(=O)(=O)O)C(OC3OC(COS(=O)(=O)O)C(OC4OC(COS(=O)(=O)O)C(OC5OC(COS(=O)(=O)O)C(OC6OC(COS(=O)(=O)O)C(OC7OC(COS(=O)(=O)O)C(OC8OC(COS(=O)(=O)O)C(O2)C(OC)C8OC)C(OC)C7OC)C(OC)C6OC)C(OC)C5OC)C(OC)C4OC)C(OC)C3OC)C1OC. The van der Waals surface area contributed by atoms with E-state index in [1.807, 2.05) is 0 Å². The molecule has 0 aromatic carbocycles. The van der Waals surface area contributed by atoms with Gasteiger partial charge >= 0.3 is 72.8 Å². The van der Waals surface area contributed by atoms with Gasteiger partial charge in [0.2, 0.25) is 0 Å². The van der Waals surface area contributed by atoms with Crippen molar-refractivity contribution in [1.29, 1.82) is 0 Å². The standard InChI is InChI=1S/C56H98O56S7/c1-78-36-29-22(15-92-113(57,58)59)99-50(43(36)85-8)107-30-23(16-93-114(60,61)62)101-52(45(87-10)37(30)79-2)109-32-25(18-95-116(66,67)68)103-54(47(89-12)39(32)81-4)111-34-27(20-97-118(72,73)74)105-56(49(91-14)41(34)83-6)112-35-28(21-98-119(75,76)77)104-55(48(90-13)42(35)84-7)110-33-26(19-96-117(69,70)71)102-53(46(88-11)40(33)82-5)108-31-24(17-94-115(63,64)65)100-51(106-29)44(86-9)38(31)80-3/h22-56H,15-21H2,1-14H3,(H,57,58,59)(H,60,61,62)(H,63,64,65)(H,66,67,68)(H,69,70,71)(H,72,73,74)(H,75,76,77). The molecule has 0 spiro atoms. The van der Waals surface area contributed by atoms with Gasteiger partial charge in [-0.15, -0.1) is 0 Å². The molecule has 35 unspecified atom stereocenters. The summed E-state index contributed by atoms with van der Waals surface area (Å²) in [6.07, 6.45) is -66.4. The molecule has 0 aromatic heterocycles. The van der Waals surface area contributed by atoms with E-state index in [9.17, 15) is 90.8 Å². The number of methoxy groups -OCH3 is 14. The first-order valence-electron chi connectivity index (χ1n) is 34.6. The molecular weight excluding hydrogens is 1790 g/mol. The van der Waals surface area contributed by atoms with Crippen molar-refractivity contribution >= 4 is 72.8 Å². The Morgan fingerprint density at radius 2 is 0.261 bits per heavy atom. The monoisotopic (exact) mass is 1890 g/mol. The molecule has 14 bridgehead atoms. The second-order valence-corrected chi connectivity index (χ2v) is 33.9. The first kappa shape index (κ1) is 102. The second-order valence-electron chi connectivity index (χ2n) is 26.3. The molecule has 0 radical (unpaired) electrons. The minimum absolute atomic E-state index is 1.04. The van der Waals surface area contributed by atoms with Crippen LogP contribution in [0.3, 0.4) is 0 Å². The fourth-order valence-corrected chi connectivity index (χ4v) is 16.9. The van der Waals surface area contributed by atoms with Crippen molar-refractivity contribution in [3.05, 3.63) is 0 Å². The molecule has 21 rings (SSSR count). The zero-order chi connectivity index (χ0) is 88.4. The van der Waals surface area contributed by atoms with Crippen LogP contribution in [0.25, 0.3) is 0 Å². The summed E-state index contributed by atoms with van der Waals surface area (Å²) < 4.78 is 453. The Labute approximate surface area is 683 Å². The lowest BCUT2D eigenvalue weighted by molar-refractivity contribution is -0.401. The van der Waals surface area contributed by atoms with Crippen LogP contribution in [0, 0.1) is 0 Å². The van der Waals surface area contributed by atoms with Gasteiger partial charge in [0.05, 0.1) is 46.2 Å². The van der Waals surface area contributed by atoms with Crippen molar-refractivity contribution in [3.8, 4) is 0 Å². The summed E-state index contributed by atoms with van der Waals surface area (Å²) in [6, 6.07) is 0. The van der Waals surface area contributed by atoms with E-state index in [-0.39, 0.29) is 0 Å². The van der Waals surface area contributed by atoms with Crippen LogP contribution < -0.4 is 0 Å². The molecule has 700 valence electrons. The Bertz CT molecular complexity index is 3280. The minimum Gasteiger partial charge on any atom is -0.376 e. The van der Waals surface area contributed by atoms with Crippen LogP contribution in [0.4, 0.5) is 0 Å². The van der Waals surface area contributed by atoms with Gasteiger partial charge in [-0.3, -0.25) is 31.9 Å². The van der Waals surface area contributed by atoms with E-state index >= 15 is 0 Å². The van der Waals surface area contributed by atoms with Gasteiger partial charge in [0.15, 0.2) is 44.0 Å². The highest BCUT2D eigenvalue weighted by molar-refractivity contribution is 7.82. The molecule has 21 heterocycles. The highest BCUT2D eigenvalue weighted by atomic mass is 32.3. The highest BCUT2D eigenvalue weighted by Crippen LogP contribution is 2.44. The fourth-order valence-electron chi connectivity index (χ4n) is 14.8. The molecule has 7 N–H and O–H groups in total. The average Bonchev–Trinajstić information content (AvgIpc) is 0.796. The number of rotatable bonds is 35. The zero-order valence-corrected chi connectivity index (χ0v) is 70.9. The van der Waals surface area contributed by atoms with Crippen LogP contribution in [-0.2, 0) is 235 Å². The van der Waals surface area contributed by atoms with Crippen molar-refractivity contribution in [3.63, 3.8) is 0 Å². The fraction of sp³-hybridized carbons (Fsp3) is 1.00. The lowest BCUT2D eigenvalue weighted by Crippen LogP contribution is -2.69. The predicted molar refractivity (Wildman–Crippen MR) is 368 cm³/mol. The molecule has 21 aliphatic rings. The van der Waals surface area contributed by atoms with Crippen LogP contribution in [0.15, 0.2) is 0 Å². The first-order chi connectivity index (χ1) is 55.7. The Morgan fingerprint density at radius 3 is 0.336 bits per heavy atom. The van der Waals surface area contributed by atoms with Crippen LogP contribution in [0.5, 0.6) is 0 Å². The highest BCUT2D eigenvalue weighted by Gasteiger charge is 2.63. The molecule has 0 aromatic rings. The summed E-state index contributed by atoms with van der Waals surface area (Å²) in [5.41, 5.74) is 0. The van der Waals surface area contributed by atoms with Gasteiger partial charge in [-0.05, 0) is 0 Å². The maximum absolute atomic E-state index is 12.5. The van der Waals surface area contributed by atoms with Crippen molar-refractivity contribution in [2.75, 3.05) is 146 Å². The van der Waals surface area contributed by atoms with Crippen molar-refractivity contribution < 1.29 is 253 Å². The van der Waals surface area contributed by atoms with E-state index in [4.69, 9.17) is 162 Å². The molecule has 21 saturated heterocycles. The molecule has 0 amide bonds. The van der Waals surface area contributed by atoms with Gasteiger partial charge in [0.1, 0.15) is 171 Å². The maximum Gasteiger partial charge on any atom is 0.397 e. The summed E-state index contributed by atoms with van der Waals surface area (Å²) in [5.74, 6) is 0. The Kier molecular flexibility index (Phi) is 37.7. The number of ether oxygens (including phenoxy) is 28. The quantitative estimate of drug-likeness (QED) is 0.0290. The third kappa shape index (κ3) is 27.1. The second kappa shape index (κ2) is 43.9. The van der Waals surface area contributed by atoms with Gasteiger partial charge in [0, 0.05) is 99.5 Å². The molecule has 56 nitrogen and oxygen atoms in total. The summed E-state index contributed by atoms with van der Waals surface area (Å²) in [5, 5.41) is 0. The predicted octanol–water partition coefficient (Wildman–Crippen LogP) is -7.28. The third-order valence-electron chi connectivity index (χ3n) is 19.7. The van der Waals surface area contributed by atoms with E-state index in [1.54, 1.807) is 0 Å². The Balaban J connectivity index is 1.35. The lowest BCUT2D eigenvalue weighted by Gasteiger charge is -2.52. The molecule has 21 aliphatic heterocycles. The Morgan fingerprint density at radius 1 is 0.168 bits per heavy atom. The largest absolute Gasteiger partial charge is 0.397 e. The third-order valence-corrected chi connectivity index (χ3v) is 22.7. The van der Waals surface area contributed by atoms with Crippen LogP contribution >= 0.6 is 0 Å².